The first-order valence-electron chi connectivity index (χ1n) is 6.20. The van der Waals surface area contributed by atoms with Crippen molar-refractivity contribution in [2.24, 2.45) is 5.73 Å². The van der Waals surface area contributed by atoms with Crippen molar-refractivity contribution in [1.82, 2.24) is 0 Å². The summed E-state index contributed by atoms with van der Waals surface area (Å²) >= 11 is 0. The van der Waals surface area contributed by atoms with E-state index < -0.39 is 21.1 Å². The maximum Gasteiger partial charge on any atom is 0.366 e. The van der Waals surface area contributed by atoms with Gasteiger partial charge in [-0.25, -0.2) is 0 Å². The van der Waals surface area contributed by atoms with Crippen LogP contribution >= 0.6 is 16.1 Å². The van der Waals surface area contributed by atoms with Gasteiger partial charge < -0.3 is 24.5 Å². The molecule has 0 aliphatic heterocycles. The van der Waals surface area contributed by atoms with Gasteiger partial charge in [-0.1, -0.05) is 6.92 Å². The SMILES string of the molecule is CCOC(CCCN)([PH2]=O)P(=O)(O)OC(C)CC. The van der Waals surface area contributed by atoms with Crippen molar-refractivity contribution in [1.29, 1.82) is 0 Å². The molecule has 0 aliphatic rings. The third kappa shape index (κ3) is 4.76. The van der Waals surface area contributed by atoms with E-state index in [9.17, 15) is 14.0 Å². The van der Waals surface area contributed by atoms with E-state index >= 15 is 0 Å². The normalized spacial score (nSPS) is 20.7. The Morgan fingerprint density at radius 2 is 2.11 bits per heavy atom. The first-order chi connectivity index (χ1) is 8.39. The van der Waals surface area contributed by atoms with Gasteiger partial charge in [-0.3, -0.25) is 4.57 Å². The zero-order valence-corrected chi connectivity index (χ0v) is 13.3. The summed E-state index contributed by atoms with van der Waals surface area (Å²) in [7, 11) is -5.71. The Morgan fingerprint density at radius 3 is 2.50 bits per heavy atom. The Bertz CT molecular complexity index is 302. The second-order valence-electron chi connectivity index (χ2n) is 4.13. The van der Waals surface area contributed by atoms with Gasteiger partial charge in [0, 0.05) is 6.61 Å². The summed E-state index contributed by atoms with van der Waals surface area (Å²) in [6.07, 6.45) is 0.839. The van der Waals surface area contributed by atoms with E-state index in [1.54, 1.807) is 13.8 Å². The van der Waals surface area contributed by atoms with E-state index in [1.807, 2.05) is 6.92 Å². The van der Waals surface area contributed by atoms with Crippen LogP contribution < -0.4 is 5.73 Å². The van der Waals surface area contributed by atoms with Crippen LogP contribution in [0.4, 0.5) is 0 Å². The second-order valence-corrected chi connectivity index (χ2v) is 7.80. The fourth-order valence-corrected chi connectivity index (χ4v) is 4.29. The molecule has 0 aromatic heterocycles. The molecule has 0 spiro atoms. The van der Waals surface area contributed by atoms with Gasteiger partial charge in [-0.05, 0) is 39.7 Å². The van der Waals surface area contributed by atoms with E-state index in [2.05, 4.69) is 0 Å². The molecule has 0 saturated carbocycles. The van der Waals surface area contributed by atoms with Crippen LogP contribution in [0.15, 0.2) is 0 Å². The molecule has 8 heteroatoms. The maximum atomic E-state index is 12.3. The summed E-state index contributed by atoms with van der Waals surface area (Å²) in [6, 6.07) is 0. The molecule has 0 aromatic carbocycles. The average Bonchev–Trinajstić information content (AvgIpc) is 2.33. The van der Waals surface area contributed by atoms with Gasteiger partial charge in [0.15, 0.2) is 0 Å². The van der Waals surface area contributed by atoms with Gasteiger partial charge in [0.1, 0.15) is 8.46 Å². The van der Waals surface area contributed by atoms with Gasteiger partial charge >= 0.3 is 7.60 Å². The zero-order valence-electron chi connectivity index (χ0n) is 11.3. The Labute approximate surface area is 110 Å². The first kappa shape index (κ1) is 18.3. The van der Waals surface area contributed by atoms with Gasteiger partial charge in [-0.15, -0.1) is 0 Å². The number of hydrogen-bond donors (Lipinski definition) is 2. The lowest BCUT2D eigenvalue weighted by molar-refractivity contribution is 0.0450. The molecule has 0 rings (SSSR count). The van der Waals surface area contributed by atoms with Crippen molar-refractivity contribution in [2.45, 2.75) is 51.2 Å². The fourth-order valence-electron chi connectivity index (χ4n) is 1.47. The molecule has 110 valence electrons. The number of rotatable bonds is 10. The smallest absolute Gasteiger partial charge is 0.356 e. The molecule has 0 bridgehead atoms. The molecule has 3 N–H and O–H groups in total. The third-order valence-corrected chi connectivity index (χ3v) is 6.77. The van der Waals surface area contributed by atoms with E-state index in [-0.39, 0.29) is 19.1 Å². The number of hydrogen-bond acceptors (Lipinski definition) is 5. The van der Waals surface area contributed by atoms with E-state index in [0.29, 0.717) is 19.4 Å². The molecule has 0 fully saturated rings. The first-order valence-corrected chi connectivity index (χ1v) is 8.83. The van der Waals surface area contributed by atoms with Crippen LogP contribution in [0.25, 0.3) is 0 Å². The standard InChI is InChI=1S/C10H25NO5P2/c1-4-9(3)16-18(13,14)10(17-12,15-5-2)7-6-8-11/h9H,4-8,11,17H2,1-3H3,(H,13,14). The number of nitrogens with two attached hydrogens (primary N) is 1. The molecular weight excluding hydrogens is 276 g/mol. The highest BCUT2D eigenvalue weighted by molar-refractivity contribution is 7.63. The van der Waals surface area contributed by atoms with Crippen molar-refractivity contribution in [2.75, 3.05) is 13.2 Å². The molecule has 4 unspecified atom stereocenters. The summed E-state index contributed by atoms with van der Waals surface area (Å²) in [5, 5.41) is -1.59. The highest BCUT2D eigenvalue weighted by Crippen LogP contribution is 2.64. The van der Waals surface area contributed by atoms with Crippen LogP contribution in [0, 0.1) is 0 Å². The third-order valence-electron chi connectivity index (χ3n) is 2.69. The minimum Gasteiger partial charge on any atom is -0.356 e. The highest BCUT2D eigenvalue weighted by Gasteiger charge is 2.49. The van der Waals surface area contributed by atoms with Crippen LogP contribution in [-0.2, 0) is 18.4 Å². The zero-order chi connectivity index (χ0) is 14.2. The summed E-state index contributed by atoms with van der Waals surface area (Å²) in [5.74, 6) is 0. The van der Waals surface area contributed by atoms with Crippen molar-refractivity contribution >= 4 is 16.1 Å². The highest BCUT2D eigenvalue weighted by atomic mass is 31.2. The van der Waals surface area contributed by atoms with Crippen molar-refractivity contribution in [3.8, 4) is 0 Å². The van der Waals surface area contributed by atoms with Crippen LogP contribution in [0.3, 0.4) is 0 Å². The summed E-state index contributed by atoms with van der Waals surface area (Å²) in [6.45, 7) is 5.78. The molecule has 18 heavy (non-hydrogen) atoms. The van der Waals surface area contributed by atoms with Crippen molar-refractivity contribution < 1.29 is 23.3 Å². The lowest BCUT2D eigenvalue weighted by atomic mass is 10.3. The molecule has 0 aromatic rings. The fraction of sp³-hybridized carbons (Fsp3) is 1.00. The van der Waals surface area contributed by atoms with Crippen LogP contribution in [0.1, 0.15) is 40.0 Å². The predicted molar refractivity (Wildman–Crippen MR) is 73.7 cm³/mol. The summed E-state index contributed by atoms with van der Waals surface area (Å²) < 4.78 is 34.3. The van der Waals surface area contributed by atoms with Gasteiger partial charge in [-0.2, -0.15) is 0 Å². The minimum atomic E-state index is -4.11. The monoisotopic (exact) mass is 301 g/mol. The summed E-state index contributed by atoms with van der Waals surface area (Å²) in [5.41, 5.74) is 5.40. The average molecular weight is 301 g/mol. The molecule has 0 saturated heterocycles. The van der Waals surface area contributed by atoms with Crippen LogP contribution in [0.5, 0.6) is 0 Å². The minimum absolute atomic E-state index is 0.167. The molecule has 6 nitrogen and oxygen atoms in total. The van der Waals surface area contributed by atoms with Crippen molar-refractivity contribution in [3.05, 3.63) is 0 Å². The van der Waals surface area contributed by atoms with Crippen LogP contribution in [0.2, 0.25) is 0 Å². The quantitative estimate of drug-likeness (QED) is 0.600. The van der Waals surface area contributed by atoms with Crippen LogP contribution in [-0.4, -0.2) is 29.2 Å². The van der Waals surface area contributed by atoms with Gasteiger partial charge in [0.25, 0.3) is 0 Å². The molecule has 0 radical (unpaired) electrons. The largest absolute Gasteiger partial charge is 0.366 e. The number of ether oxygens (including phenoxy) is 1. The maximum absolute atomic E-state index is 12.3. The van der Waals surface area contributed by atoms with E-state index in [1.165, 1.54) is 0 Å². The second kappa shape index (κ2) is 8.47. The Balaban J connectivity index is 5.12. The molecule has 0 aliphatic carbocycles. The molecule has 4 atom stereocenters. The lowest BCUT2D eigenvalue weighted by Crippen LogP contribution is -2.29. The Hall–Kier alpha value is 0.300. The molecule has 0 amide bonds. The Kier molecular flexibility index (Phi) is 8.61. The van der Waals surface area contributed by atoms with E-state index in [0.717, 1.165) is 0 Å². The topological polar surface area (TPSA) is 98.9 Å². The summed E-state index contributed by atoms with van der Waals surface area (Å²) in [4.78, 5) is 10.1. The molecular formula is C10H25NO5P2. The van der Waals surface area contributed by atoms with E-state index in [4.69, 9.17) is 15.0 Å². The van der Waals surface area contributed by atoms with Gasteiger partial charge in [0.2, 0.25) is 5.08 Å². The Morgan fingerprint density at radius 1 is 1.50 bits per heavy atom. The molecule has 0 heterocycles. The lowest BCUT2D eigenvalue weighted by Gasteiger charge is -2.33. The predicted octanol–water partition coefficient (Wildman–Crippen LogP) is 2.17. The van der Waals surface area contributed by atoms with Crippen molar-refractivity contribution in [3.63, 3.8) is 0 Å². The van der Waals surface area contributed by atoms with Gasteiger partial charge in [0.05, 0.1) is 6.10 Å².